The van der Waals surface area contributed by atoms with E-state index in [-0.39, 0.29) is 0 Å². The van der Waals surface area contributed by atoms with Gasteiger partial charge >= 0.3 is 44.8 Å². The zero-order valence-electron chi connectivity index (χ0n) is 45.0. The minimum atomic E-state index is -6.09. The molecule has 1 aromatic carbocycles. The fourth-order valence-electron chi connectivity index (χ4n) is 6.59. The standard InChI is InChI=1S/C41H49N11.4CHF3O3S/c1-43(2)30-11-20-48(21-12-30)37-36-38(52-28-19-34(47(9)10)29-35(52)42-36)40(50-24-15-32(16-25-50)45(5)6)41(51-26-17-33(18-27-51)46(7)8)39(37)49-22-13-31(14-23-49)44(3)4;4*2-1(3,4)8(5,6)7/h11-29H,1-10H3;4*(H,5,6,7)/q+4;;;;/p-4. The van der Waals surface area contributed by atoms with E-state index in [9.17, 15) is 52.7 Å². The average molecular weight is 1290 g/mol. The van der Waals surface area contributed by atoms with Crippen LogP contribution in [0.2, 0.25) is 0 Å². The summed E-state index contributed by atoms with van der Waals surface area (Å²) >= 11 is 0. The summed E-state index contributed by atoms with van der Waals surface area (Å²) < 4.78 is 247. The number of pyridine rings is 5. The van der Waals surface area contributed by atoms with Crippen molar-refractivity contribution in [2.75, 3.05) is 95.0 Å². The van der Waals surface area contributed by atoms with Crippen molar-refractivity contribution in [2.45, 2.75) is 22.0 Å². The first-order chi connectivity index (χ1) is 37.9. The van der Waals surface area contributed by atoms with Gasteiger partial charge in [-0.2, -0.15) is 71.0 Å². The summed E-state index contributed by atoms with van der Waals surface area (Å²) in [7, 11) is -3.70. The van der Waals surface area contributed by atoms with Crippen LogP contribution >= 0.6 is 0 Å². The van der Waals surface area contributed by atoms with E-state index in [1.807, 2.05) is 0 Å². The molecule has 0 radical (unpaired) electrons. The van der Waals surface area contributed by atoms with Crippen LogP contribution in [0.25, 0.3) is 39.4 Å². The molecule has 0 amide bonds. The number of rotatable bonds is 9. The predicted molar refractivity (Wildman–Crippen MR) is 273 cm³/mol. The maximum atomic E-state index is 10.7. The molecule has 0 spiro atoms. The molecule has 0 saturated heterocycles. The van der Waals surface area contributed by atoms with Crippen LogP contribution in [0.4, 0.5) is 81.1 Å². The van der Waals surface area contributed by atoms with Gasteiger partial charge in [0.2, 0.25) is 0 Å². The van der Waals surface area contributed by atoms with Crippen LogP contribution in [0.5, 0.6) is 0 Å². The molecule has 0 unspecified atom stereocenters. The van der Waals surface area contributed by atoms with Gasteiger partial charge in [-0.15, -0.1) is 0 Å². The van der Waals surface area contributed by atoms with Crippen molar-refractivity contribution in [1.82, 2.24) is 9.38 Å². The van der Waals surface area contributed by atoms with Gasteiger partial charge < -0.3 is 42.7 Å². The van der Waals surface area contributed by atoms with Gasteiger partial charge in [0.15, 0.2) is 101 Å². The van der Waals surface area contributed by atoms with Crippen LogP contribution in [0, 0.1) is 0 Å². The minimum Gasteiger partial charge on any atom is -0.741 e. The third kappa shape index (κ3) is 18.0. The summed E-state index contributed by atoms with van der Waals surface area (Å²) in [6, 6.07) is 21.6. The molecule has 6 aromatic heterocycles. The number of hydrogen-bond acceptors (Lipinski definition) is 18. The smallest absolute Gasteiger partial charge is 0.485 e. The highest BCUT2D eigenvalue weighted by Gasteiger charge is 2.45. The summed E-state index contributed by atoms with van der Waals surface area (Å²) in [6.07, 6.45) is 19.3. The summed E-state index contributed by atoms with van der Waals surface area (Å²) in [5, 5.41) is 0. The lowest BCUT2D eigenvalue weighted by Gasteiger charge is -2.14. The van der Waals surface area contributed by atoms with E-state index >= 15 is 0 Å². The minimum absolute atomic E-state index is 0.865. The third-order valence-corrected chi connectivity index (χ3v) is 13.0. The van der Waals surface area contributed by atoms with Crippen molar-refractivity contribution >= 4 is 85.6 Å². The number of aromatic nitrogens is 6. The highest BCUT2D eigenvalue weighted by molar-refractivity contribution is 7.87. The molecule has 0 bridgehead atoms. The maximum Gasteiger partial charge on any atom is 0.485 e. The van der Waals surface area contributed by atoms with Gasteiger partial charge in [0, 0.05) is 160 Å². The average Bonchev–Trinajstić information content (AvgIpc) is 2.66. The number of halogens is 12. The van der Waals surface area contributed by atoms with Crippen molar-refractivity contribution in [2.24, 2.45) is 0 Å². The lowest BCUT2D eigenvalue weighted by atomic mass is 10.1. The Labute approximate surface area is 472 Å². The van der Waals surface area contributed by atoms with Crippen LogP contribution in [0.1, 0.15) is 0 Å². The van der Waals surface area contributed by atoms with Crippen molar-refractivity contribution in [3.8, 4) is 22.7 Å². The molecule has 0 aliphatic heterocycles. The van der Waals surface area contributed by atoms with Crippen molar-refractivity contribution in [3.63, 3.8) is 0 Å². The van der Waals surface area contributed by atoms with Crippen molar-refractivity contribution in [1.29, 1.82) is 0 Å². The molecule has 0 aliphatic rings. The highest BCUT2D eigenvalue weighted by atomic mass is 32.2. The fourth-order valence-corrected chi connectivity index (χ4v) is 6.59. The van der Waals surface area contributed by atoms with E-state index in [0.717, 1.165) is 67.9 Å². The van der Waals surface area contributed by atoms with Crippen LogP contribution in [0.3, 0.4) is 0 Å². The van der Waals surface area contributed by atoms with Crippen LogP contribution in [-0.4, -0.2) is 154 Å². The van der Waals surface area contributed by atoms with Crippen LogP contribution in [0.15, 0.2) is 116 Å². The number of hydrogen-bond donors (Lipinski definition) is 0. The summed E-state index contributed by atoms with van der Waals surface area (Å²) in [4.78, 5) is 16.1. The van der Waals surface area contributed by atoms with E-state index in [4.69, 9.17) is 56.9 Å². The Morgan fingerprint density at radius 3 is 0.810 bits per heavy atom. The zero-order chi connectivity index (χ0) is 64.8. The summed E-state index contributed by atoms with van der Waals surface area (Å²) in [6.45, 7) is 0. The predicted octanol–water partition coefficient (Wildman–Crippen LogP) is 4.13. The quantitative estimate of drug-likeness (QED) is 0.0850. The van der Waals surface area contributed by atoms with Crippen molar-refractivity contribution in [3.05, 3.63) is 116 Å². The van der Waals surface area contributed by atoms with Gasteiger partial charge in [-0.3, -0.25) is 4.40 Å². The first-order valence-corrected chi connectivity index (χ1v) is 28.1. The molecule has 0 atom stereocenters. The number of nitrogens with zero attached hydrogens (tertiary/aromatic N) is 11. The Bertz CT molecular complexity index is 3700. The van der Waals surface area contributed by atoms with E-state index in [1.165, 1.54) is 0 Å². The molecule has 39 heteroatoms. The fraction of sp³-hybridized carbons (Fsp3) is 0.311. The second kappa shape index (κ2) is 26.2. The molecule has 7 aromatic rings. The molecular weight excluding hydrogens is 1240 g/mol. The van der Waals surface area contributed by atoms with E-state index in [1.54, 1.807) is 0 Å². The van der Waals surface area contributed by atoms with Crippen molar-refractivity contribution < 1.29 is 123 Å². The third-order valence-electron chi connectivity index (χ3n) is 10.7. The van der Waals surface area contributed by atoms with E-state index < -0.39 is 62.5 Å². The molecule has 84 heavy (non-hydrogen) atoms. The monoisotopic (exact) mass is 1290 g/mol. The number of anilines is 5. The number of fused-ring (bicyclic) bond motifs is 3. The van der Waals surface area contributed by atoms with E-state index in [0.29, 0.717) is 0 Å². The summed E-state index contributed by atoms with van der Waals surface area (Å²) in [5.41, 5.74) is -10.3. The van der Waals surface area contributed by atoms with Gasteiger partial charge in [0.25, 0.3) is 0 Å². The highest BCUT2D eigenvalue weighted by Crippen LogP contribution is 2.35. The second-order valence-corrected chi connectivity index (χ2v) is 23.2. The first-order valence-electron chi connectivity index (χ1n) is 22.5. The van der Waals surface area contributed by atoms with Gasteiger partial charge in [0.1, 0.15) is 5.65 Å². The molecular formula is C45H49F12N11O12S4. The molecule has 0 saturated carbocycles. The van der Waals surface area contributed by atoms with Crippen LogP contribution in [-0.2, 0) is 40.5 Å². The number of alkyl halides is 12. The molecule has 0 aliphatic carbocycles. The number of imidazole rings is 1. The van der Waals surface area contributed by atoms with Gasteiger partial charge in [0.05, 0.1) is 0 Å². The number of benzene rings is 1. The molecule has 23 nitrogen and oxygen atoms in total. The van der Waals surface area contributed by atoms with Gasteiger partial charge in [-0.05, 0) is 6.07 Å². The Kier molecular flexibility index (Phi) is 22.1. The largest absolute Gasteiger partial charge is 0.741 e. The SMILES string of the molecule is CN(C)c1cc[n+](-c2c(-[n+]3ccc(N(C)C)cc3)c(-[n+]3ccc(N(C)C)cc3)c3c(nc4cc(N(C)C)ccn43)c2-[n+]2ccc(N(C)C)cc2)cc1.O=S(=O)([O-])C(F)(F)F.O=S(=O)([O-])C(F)(F)F.O=S(=O)([O-])C(F)(F)F.O=S(=O)([O-])C(F)(F)F. The first kappa shape index (κ1) is 70.8. The normalized spacial score (nSPS) is 12.3. The van der Waals surface area contributed by atoms with Crippen LogP contribution < -0.4 is 42.8 Å². The Morgan fingerprint density at radius 1 is 0.369 bits per heavy atom. The van der Waals surface area contributed by atoms with E-state index in [2.05, 4.69) is 234 Å². The molecule has 464 valence electrons. The molecule has 0 N–H and O–H groups in total. The second-order valence-electron chi connectivity index (χ2n) is 17.7. The molecule has 6 heterocycles. The summed E-state index contributed by atoms with van der Waals surface area (Å²) in [5.74, 6) is 0. The van der Waals surface area contributed by atoms with Gasteiger partial charge in [-0.25, -0.2) is 38.7 Å². The lowest BCUT2D eigenvalue weighted by molar-refractivity contribution is -0.661. The maximum absolute atomic E-state index is 10.7. The Hall–Kier alpha value is -7.43. The Balaban J connectivity index is 0.000000469. The topological polar surface area (TPSA) is 278 Å². The Morgan fingerprint density at radius 2 is 0.583 bits per heavy atom. The molecule has 0 fully saturated rings. The van der Waals surface area contributed by atoms with Gasteiger partial charge in [-0.1, -0.05) is 0 Å². The lowest BCUT2D eigenvalue weighted by Crippen LogP contribution is -2.47. The molecule has 7 rings (SSSR count). The zero-order valence-corrected chi connectivity index (χ0v) is 48.2.